The van der Waals surface area contributed by atoms with Gasteiger partial charge in [-0.2, -0.15) is 0 Å². The highest BCUT2D eigenvalue weighted by Crippen LogP contribution is 2.14. The summed E-state index contributed by atoms with van der Waals surface area (Å²) >= 11 is 0. The summed E-state index contributed by atoms with van der Waals surface area (Å²) in [6.45, 7) is 0. The Morgan fingerprint density at radius 1 is 1.29 bits per heavy atom. The molecule has 0 saturated carbocycles. The summed E-state index contributed by atoms with van der Waals surface area (Å²) in [5, 5.41) is 10.7. The number of aryl methyl sites for hydroxylation is 1. The van der Waals surface area contributed by atoms with Crippen LogP contribution < -0.4 is 10.9 Å². The predicted molar refractivity (Wildman–Crippen MR) is 77.0 cm³/mol. The SMILES string of the molecule is Cn1nnc2ccc(NC(=O)c3cccnc3)cc2c1=O. The summed E-state index contributed by atoms with van der Waals surface area (Å²) in [5.41, 5.74) is 1.18. The van der Waals surface area contributed by atoms with Gasteiger partial charge in [-0.05, 0) is 30.3 Å². The highest BCUT2D eigenvalue weighted by molar-refractivity contribution is 6.04. The molecule has 0 saturated heterocycles. The third-order valence-corrected chi connectivity index (χ3v) is 2.99. The summed E-state index contributed by atoms with van der Waals surface area (Å²) < 4.78 is 1.15. The van der Waals surface area contributed by atoms with Crippen LogP contribution in [0.15, 0.2) is 47.5 Å². The van der Waals surface area contributed by atoms with E-state index in [-0.39, 0.29) is 11.5 Å². The average Bonchev–Trinajstić information content (AvgIpc) is 2.52. The minimum atomic E-state index is -0.290. The number of anilines is 1. The molecular formula is C14H11N5O2. The first-order valence-corrected chi connectivity index (χ1v) is 6.20. The van der Waals surface area contributed by atoms with E-state index in [0.29, 0.717) is 22.2 Å². The minimum absolute atomic E-state index is 0.266. The second kappa shape index (κ2) is 5.12. The first-order valence-electron chi connectivity index (χ1n) is 6.20. The molecule has 21 heavy (non-hydrogen) atoms. The van der Waals surface area contributed by atoms with Gasteiger partial charge in [0.2, 0.25) is 0 Å². The summed E-state index contributed by atoms with van der Waals surface area (Å²) in [6.07, 6.45) is 3.07. The number of carbonyl (C=O) groups excluding carboxylic acids is 1. The molecule has 0 radical (unpaired) electrons. The van der Waals surface area contributed by atoms with Gasteiger partial charge in [0.1, 0.15) is 5.52 Å². The molecule has 3 rings (SSSR count). The van der Waals surface area contributed by atoms with E-state index in [2.05, 4.69) is 20.6 Å². The molecule has 104 valence electrons. The normalized spacial score (nSPS) is 10.5. The lowest BCUT2D eigenvalue weighted by Crippen LogP contribution is -2.21. The Hall–Kier alpha value is -3.09. The van der Waals surface area contributed by atoms with Crippen molar-refractivity contribution in [2.24, 2.45) is 7.05 Å². The van der Waals surface area contributed by atoms with Crippen LogP contribution in [0.3, 0.4) is 0 Å². The Labute approximate surface area is 119 Å². The van der Waals surface area contributed by atoms with Crippen LogP contribution >= 0.6 is 0 Å². The fourth-order valence-corrected chi connectivity index (χ4v) is 1.90. The van der Waals surface area contributed by atoms with Gasteiger partial charge in [0.05, 0.1) is 10.9 Å². The number of benzene rings is 1. The number of hydrogen-bond donors (Lipinski definition) is 1. The molecule has 1 aromatic carbocycles. The summed E-state index contributed by atoms with van der Waals surface area (Å²) in [6, 6.07) is 8.24. The largest absolute Gasteiger partial charge is 0.322 e. The highest BCUT2D eigenvalue weighted by Gasteiger charge is 2.08. The van der Waals surface area contributed by atoms with Crippen molar-refractivity contribution in [3.63, 3.8) is 0 Å². The van der Waals surface area contributed by atoms with Crippen LogP contribution in [0.25, 0.3) is 10.9 Å². The van der Waals surface area contributed by atoms with E-state index in [0.717, 1.165) is 4.68 Å². The van der Waals surface area contributed by atoms with Crippen molar-refractivity contribution < 1.29 is 4.79 Å². The highest BCUT2D eigenvalue weighted by atomic mass is 16.1. The third-order valence-electron chi connectivity index (χ3n) is 2.99. The van der Waals surface area contributed by atoms with Gasteiger partial charge in [-0.1, -0.05) is 5.21 Å². The van der Waals surface area contributed by atoms with Crippen LogP contribution in [0.1, 0.15) is 10.4 Å². The number of aromatic nitrogens is 4. The number of amides is 1. The Bertz CT molecular complexity index is 873. The van der Waals surface area contributed by atoms with Crippen molar-refractivity contribution in [1.82, 2.24) is 20.0 Å². The molecule has 1 amide bonds. The molecule has 2 heterocycles. The molecule has 0 aliphatic rings. The lowest BCUT2D eigenvalue weighted by molar-refractivity contribution is 0.102. The lowest BCUT2D eigenvalue weighted by atomic mass is 10.2. The number of pyridine rings is 1. The molecule has 0 atom stereocenters. The van der Waals surface area contributed by atoms with Gasteiger partial charge in [0.15, 0.2) is 0 Å². The Balaban J connectivity index is 1.97. The number of carbonyl (C=O) groups is 1. The van der Waals surface area contributed by atoms with E-state index in [1.54, 1.807) is 36.5 Å². The van der Waals surface area contributed by atoms with Crippen LogP contribution in [-0.2, 0) is 7.05 Å². The zero-order chi connectivity index (χ0) is 14.8. The molecule has 2 aromatic heterocycles. The Morgan fingerprint density at radius 3 is 2.90 bits per heavy atom. The van der Waals surface area contributed by atoms with E-state index in [9.17, 15) is 9.59 Å². The van der Waals surface area contributed by atoms with Crippen molar-refractivity contribution in [2.75, 3.05) is 5.32 Å². The Kier molecular flexibility index (Phi) is 3.15. The second-order valence-corrected chi connectivity index (χ2v) is 4.45. The zero-order valence-corrected chi connectivity index (χ0v) is 11.1. The van der Waals surface area contributed by atoms with Crippen molar-refractivity contribution in [1.29, 1.82) is 0 Å². The maximum atomic E-state index is 12.0. The standard InChI is InChI=1S/C14H11N5O2/c1-19-14(21)11-7-10(4-5-12(11)17-18-19)16-13(20)9-3-2-6-15-8-9/h2-8H,1H3,(H,16,20). The van der Waals surface area contributed by atoms with Gasteiger partial charge in [0.25, 0.3) is 11.5 Å². The van der Waals surface area contributed by atoms with E-state index >= 15 is 0 Å². The number of nitrogens with one attached hydrogen (secondary N) is 1. The molecule has 0 spiro atoms. The van der Waals surface area contributed by atoms with Crippen molar-refractivity contribution >= 4 is 22.5 Å². The molecule has 7 heteroatoms. The fourth-order valence-electron chi connectivity index (χ4n) is 1.90. The van der Waals surface area contributed by atoms with Crippen LogP contribution in [0.2, 0.25) is 0 Å². The first kappa shape index (κ1) is 12.9. The fraction of sp³-hybridized carbons (Fsp3) is 0.0714. The first-order chi connectivity index (χ1) is 10.1. The van der Waals surface area contributed by atoms with Crippen LogP contribution in [-0.4, -0.2) is 25.9 Å². The molecule has 0 unspecified atom stereocenters. The van der Waals surface area contributed by atoms with Crippen LogP contribution in [0.5, 0.6) is 0 Å². The molecule has 0 bridgehead atoms. The van der Waals surface area contributed by atoms with Crippen molar-refractivity contribution in [3.05, 3.63) is 58.6 Å². The lowest BCUT2D eigenvalue weighted by Gasteiger charge is -2.06. The average molecular weight is 281 g/mol. The van der Waals surface area contributed by atoms with Crippen molar-refractivity contribution in [2.45, 2.75) is 0 Å². The monoisotopic (exact) mass is 281 g/mol. The molecule has 0 aliphatic heterocycles. The van der Waals surface area contributed by atoms with E-state index in [1.807, 2.05) is 0 Å². The van der Waals surface area contributed by atoms with Gasteiger partial charge >= 0.3 is 0 Å². The smallest absolute Gasteiger partial charge is 0.277 e. The van der Waals surface area contributed by atoms with E-state index in [4.69, 9.17) is 0 Å². The molecule has 0 fully saturated rings. The predicted octanol–water partition coefficient (Wildman–Crippen LogP) is 0.976. The second-order valence-electron chi connectivity index (χ2n) is 4.45. The quantitative estimate of drug-likeness (QED) is 0.756. The summed E-state index contributed by atoms with van der Waals surface area (Å²) in [4.78, 5) is 27.9. The Morgan fingerprint density at radius 2 is 2.14 bits per heavy atom. The summed E-state index contributed by atoms with van der Waals surface area (Å²) in [5.74, 6) is -0.290. The van der Waals surface area contributed by atoms with Gasteiger partial charge in [0, 0.05) is 25.1 Å². The number of nitrogens with zero attached hydrogens (tertiary/aromatic N) is 4. The molecule has 7 nitrogen and oxygen atoms in total. The topological polar surface area (TPSA) is 89.8 Å². The molecule has 0 aliphatic carbocycles. The molecular weight excluding hydrogens is 270 g/mol. The van der Waals surface area contributed by atoms with E-state index < -0.39 is 0 Å². The maximum Gasteiger partial charge on any atom is 0.277 e. The van der Waals surface area contributed by atoms with Crippen LogP contribution in [0.4, 0.5) is 5.69 Å². The number of rotatable bonds is 2. The zero-order valence-electron chi connectivity index (χ0n) is 11.1. The summed E-state index contributed by atoms with van der Waals surface area (Å²) in [7, 11) is 1.52. The van der Waals surface area contributed by atoms with Gasteiger partial charge in [-0.15, -0.1) is 5.10 Å². The molecule has 1 N–H and O–H groups in total. The van der Waals surface area contributed by atoms with Gasteiger partial charge < -0.3 is 5.32 Å². The maximum absolute atomic E-state index is 12.0. The van der Waals surface area contributed by atoms with E-state index in [1.165, 1.54) is 13.2 Å². The van der Waals surface area contributed by atoms with Crippen LogP contribution in [0, 0.1) is 0 Å². The van der Waals surface area contributed by atoms with Gasteiger partial charge in [-0.3, -0.25) is 14.6 Å². The number of fused-ring (bicyclic) bond motifs is 1. The third kappa shape index (κ3) is 2.48. The van der Waals surface area contributed by atoms with Crippen molar-refractivity contribution in [3.8, 4) is 0 Å². The van der Waals surface area contributed by atoms with Gasteiger partial charge in [-0.25, -0.2) is 4.68 Å². The molecule has 3 aromatic rings. The number of hydrogen-bond acceptors (Lipinski definition) is 5. The minimum Gasteiger partial charge on any atom is -0.322 e.